The van der Waals surface area contributed by atoms with Gasteiger partial charge in [0.15, 0.2) is 5.78 Å². The summed E-state index contributed by atoms with van der Waals surface area (Å²) in [5.41, 5.74) is 1.17. The first-order valence-electron chi connectivity index (χ1n) is 6.19. The van der Waals surface area contributed by atoms with E-state index < -0.39 is 17.4 Å². The molecule has 2 rings (SSSR count). The summed E-state index contributed by atoms with van der Waals surface area (Å²) >= 11 is 2.88. The van der Waals surface area contributed by atoms with E-state index in [1.165, 1.54) is 0 Å². The van der Waals surface area contributed by atoms with Crippen molar-refractivity contribution in [2.45, 2.75) is 19.8 Å². The van der Waals surface area contributed by atoms with Crippen LogP contribution in [0.4, 0.5) is 8.78 Å². The van der Waals surface area contributed by atoms with Gasteiger partial charge in [-0.2, -0.15) is 0 Å². The third-order valence-corrected chi connectivity index (χ3v) is 3.70. The molecule has 2 aromatic carbocycles. The summed E-state index contributed by atoms with van der Waals surface area (Å²) in [6, 6.07) is 8.80. The molecule has 1 nitrogen and oxygen atoms in total. The largest absolute Gasteiger partial charge is 0.288 e. The number of rotatable bonds is 3. The number of hydrogen-bond acceptors (Lipinski definition) is 1. The van der Waals surface area contributed by atoms with Crippen LogP contribution in [0, 0.1) is 11.6 Å². The highest BCUT2D eigenvalue weighted by Gasteiger charge is 2.17. The molecule has 20 heavy (non-hydrogen) atoms. The first-order chi connectivity index (χ1) is 9.40. The molecule has 0 aromatic heterocycles. The molecule has 0 fully saturated rings. The second kappa shape index (κ2) is 5.83. The lowest BCUT2D eigenvalue weighted by atomic mass is 9.98. The van der Waals surface area contributed by atoms with Crippen molar-refractivity contribution in [2.24, 2.45) is 0 Å². The molecule has 0 heterocycles. The average Bonchev–Trinajstić information content (AvgIpc) is 2.42. The second-order valence-electron chi connectivity index (χ2n) is 4.85. The van der Waals surface area contributed by atoms with Gasteiger partial charge in [-0.1, -0.05) is 38.1 Å². The standard InChI is InChI=1S/C16H13BrF2O/c1-9(2)10-3-5-11(6-4-10)16(20)12-7-15(19)13(17)8-14(12)18/h3-9H,1-2H3. The summed E-state index contributed by atoms with van der Waals surface area (Å²) in [5, 5.41) is 0. The quantitative estimate of drug-likeness (QED) is 0.563. The Morgan fingerprint density at radius 2 is 1.65 bits per heavy atom. The molecule has 0 aliphatic rings. The van der Waals surface area contributed by atoms with Crippen LogP contribution < -0.4 is 0 Å². The van der Waals surface area contributed by atoms with E-state index in [-0.39, 0.29) is 10.0 Å². The van der Waals surface area contributed by atoms with E-state index in [4.69, 9.17) is 0 Å². The minimum atomic E-state index is -0.740. The maximum Gasteiger partial charge on any atom is 0.196 e. The first-order valence-corrected chi connectivity index (χ1v) is 6.98. The zero-order chi connectivity index (χ0) is 14.9. The van der Waals surface area contributed by atoms with Gasteiger partial charge in [-0.05, 0) is 39.5 Å². The minimum Gasteiger partial charge on any atom is -0.288 e. The summed E-state index contributed by atoms with van der Waals surface area (Å²) in [5.74, 6) is -1.57. The number of benzene rings is 2. The number of carbonyl (C=O) groups is 1. The Balaban J connectivity index is 2.38. The van der Waals surface area contributed by atoms with E-state index in [1.54, 1.807) is 12.1 Å². The van der Waals surface area contributed by atoms with E-state index in [0.717, 1.165) is 17.7 Å². The molecule has 104 valence electrons. The molecule has 0 aliphatic heterocycles. The molecule has 0 N–H and O–H groups in total. The highest BCUT2D eigenvalue weighted by Crippen LogP contribution is 2.23. The summed E-state index contributed by atoms with van der Waals surface area (Å²) in [6.45, 7) is 4.08. The Morgan fingerprint density at radius 1 is 1.05 bits per heavy atom. The fourth-order valence-corrected chi connectivity index (χ4v) is 2.19. The van der Waals surface area contributed by atoms with Gasteiger partial charge in [-0.3, -0.25) is 4.79 Å². The van der Waals surface area contributed by atoms with Crippen LogP contribution in [0.25, 0.3) is 0 Å². The fourth-order valence-electron chi connectivity index (χ4n) is 1.87. The Kier molecular flexibility index (Phi) is 4.33. The van der Waals surface area contributed by atoms with Crippen molar-refractivity contribution in [3.63, 3.8) is 0 Å². The molecular weight excluding hydrogens is 326 g/mol. The Labute approximate surface area is 124 Å². The zero-order valence-electron chi connectivity index (χ0n) is 11.1. The van der Waals surface area contributed by atoms with Crippen molar-refractivity contribution < 1.29 is 13.6 Å². The predicted molar refractivity (Wildman–Crippen MR) is 78.0 cm³/mol. The van der Waals surface area contributed by atoms with Crippen LogP contribution in [0.2, 0.25) is 0 Å². The van der Waals surface area contributed by atoms with Crippen LogP contribution in [-0.2, 0) is 0 Å². The van der Waals surface area contributed by atoms with E-state index >= 15 is 0 Å². The van der Waals surface area contributed by atoms with Crippen molar-refractivity contribution in [1.29, 1.82) is 0 Å². The SMILES string of the molecule is CC(C)c1ccc(C(=O)c2cc(F)c(Br)cc2F)cc1. The van der Waals surface area contributed by atoms with Crippen molar-refractivity contribution in [2.75, 3.05) is 0 Å². The molecule has 0 bridgehead atoms. The van der Waals surface area contributed by atoms with Gasteiger partial charge in [0.1, 0.15) is 11.6 Å². The number of halogens is 3. The van der Waals surface area contributed by atoms with Gasteiger partial charge in [-0.15, -0.1) is 0 Å². The molecule has 0 saturated heterocycles. The van der Waals surface area contributed by atoms with E-state index in [0.29, 0.717) is 11.5 Å². The monoisotopic (exact) mass is 338 g/mol. The van der Waals surface area contributed by atoms with Gasteiger partial charge in [0, 0.05) is 5.56 Å². The molecule has 0 saturated carbocycles. The van der Waals surface area contributed by atoms with Gasteiger partial charge in [0.05, 0.1) is 10.0 Å². The van der Waals surface area contributed by atoms with Crippen LogP contribution in [0.5, 0.6) is 0 Å². The fraction of sp³-hybridized carbons (Fsp3) is 0.188. The third kappa shape index (κ3) is 2.96. The average molecular weight is 339 g/mol. The van der Waals surface area contributed by atoms with E-state index in [2.05, 4.69) is 15.9 Å². The smallest absolute Gasteiger partial charge is 0.196 e. The van der Waals surface area contributed by atoms with E-state index in [1.807, 2.05) is 26.0 Å². The third-order valence-electron chi connectivity index (χ3n) is 3.09. The topological polar surface area (TPSA) is 17.1 Å². The first kappa shape index (κ1) is 14.9. The summed E-state index contributed by atoms with van der Waals surface area (Å²) in [7, 11) is 0. The van der Waals surface area contributed by atoms with Crippen molar-refractivity contribution in [1.82, 2.24) is 0 Å². The van der Waals surface area contributed by atoms with Crippen LogP contribution in [0.3, 0.4) is 0 Å². The maximum atomic E-state index is 13.8. The molecule has 0 atom stereocenters. The van der Waals surface area contributed by atoms with Crippen LogP contribution in [-0.4, -0.2) is 5.78 Å². The highest BCUT2D eigenvalue weighted by molar-refractivity contribution is 9.10. The summed E-state index contributed by atoms with van der Waals surface area (Å²) < 4.78 is 27.2. The van der Waals surface area contributed by atoms with Gasteiger partial charge >= 0.3 is 0 Å². The van der Waals surface area contributed by atoms with Crippen LogP contribution >= 0.6 is 15.9 Å². The molecular formula is C16H13BrF2O. The number of ketones is 1. The normalized spacial score (nSPS) is 10.9. The van der Waals surface area contributed by atoms with Gasteiger partial charge in [-0.25, -0.2) is 8.78 Å². The lowest BCUT2D eigenvalue weighted by Crippen LogP contribution is -2.05. The lowest BCUT2D eigenvalue weighted by molar-refractivity contribution is 0.103. The second-order valence-corrected chi connectivity index (χ2v) is 5.71. The molecule has 0 unspecified atom stereocenters. The molecule has 0 amide bonds. The van der Waals surface area contributed by atoms with Gasteiger partial charge in [0.25, 0.3) is 0 Å². The maximum absolute atomic E-state index is 13.8. The van der Waals surface area contributed by atoms with Crippen molar-refractivity contribution >= 4 is 21.7 Å². The summed E-state index contributed by atoms with van der Waals surface area (Å²) in [4.78, 5) is 12.2. The van der Waals surface area contributed by atoms with Crippen LogP contribution in [0.1, 0.15) is 41.3 Å². The molecule has 0 spiro atoms. The Hall–Kier alpha value is -1.55. The Morgan fingerprint density at radius 3 is 2.20 bits per heavy atom. The Bertz CT molecular complexity index is 648. The van der Waals surface area contributed by atoms with E-state index in [9.17, 15) is 13.6 Å². The van der Waals surface area contributed by atoms with Gasteiger partial charge < -0.3 is 0 Å². The van der Waals surface area contributed by atoms with Crippen molar-refractivity contribution in [3.05, 3.63) is 69.2 Å². The zero-order valence-corrected chi connectivity index (χ0v) is 12.7. The molecule has 2 aromatic rings. The predicted octanol–water partition coefficient (Wildman–Crippen LogP) is 5.08. The number of carbonyl (C=O) groups excluding carboxylic acids is 1. The molecule has 0 radical (unpaired) electrons. The number of hydrogen-bond donors (Lipinski definition) is 0. The highest BCUT2D eigenvalue weighted by atomic mass is 79.9. The minimum absolute atomic E-state index is 0.00158. The molecule has 4 heteroatoms. The summed E-state index contributed by atoms with van der Waals surface area (Å²) in [6.07, 6.45) is 0. The van der Waals surface area contributed by atoms with Crippen LogP contribution in [0.15, 0.2) is 40.9 Å². The van der Waals surface area contributed by atoms with Crippen molar-refractivity contribution in [3.8, 4) is 0 Å². The lowest BCUT2D eigenvalue weighted by Gasteiger charge is -2.07. The van der Waals surface area contributed by atoms with Gasteiger partial charge in [0.2, 0.25) is 0 Å². The molecule has 0 aliphatic carbocycles.